The summed E-state index contributed by atoms with van der Waals surface area (Å²) in [7, 11) is 0. The maximum Gasteiger partial charge on any atom is 0.123 e. The van der Waals surface area contributed by atoms with Crippen LogP contribution in [0.4, 0.5) is 0 Å². The Morgan fingerprint density at radius 3 is 1.21 bits per heavy atom. The zero-order valence-electron chi connectivity index (χ0n) is 14.5. The molecule has 24 heavy (non-hydrogen) atoms. The maximum atomic E-state index is 5.71. The molecule has 0 aromatic heterocycles. The van der Waals surface area contributed by atoms with Crippen LogP contribution >= 0.6 is 0 Å². The fraction of sp³-hybridized carbons (Fsp3) is 0.400. The second-order valence-corrected chi connectivity index (χ2v) is 5.34. The molecule has 0 atom stereocenters. The van der Waals surface area contributed by atoms with Crippen molar-refractivity contribution in [2.75, 3.05) is 26.4 Å². The summed E-state index contributed by atoms with van der Waals surface area (Å²) in [6, 6.07) is 15.3. The van der Waals surface area contributed by atoms with E-state index in [9.17, 15) is 0 Å². The molecule has 0 radical (unpaired) electrons. The van der Waals surface area contributed by atoms with Gasteiger partial charge in [0.25, 0.3) is 0 Å². The van der Waals surface area contributed by atoms with Gasteiger partial charge in [-0.3, -0.25) is 0 Å². The van der Waals surface area contributed by atoms with E-state index in [1.807, 2.05) is 48.5 Å². The molecule has 4 nitrogen and oxygen atoms in total. The third kappa shape index (κ3) is 6.41. The van der Waals surface area contributed by atoms with E-state index < -0.39 is 0 Å². The molecule has 130 valence electrons. The van der Waals surface area contributed by atoms with Crippen molar-refractivity contribution in [1.82, 2.24) is 0 Å². The predicted molar refractivity (Wildman–Crippen MR) is 95.4 cm³/mol. The van der Waals surface area contributed by atoms with E-state index in [1.165, 1.54) is 0 Å². The third-order valence-corrected chi connectivity index (χ3v) is 3.18. The number of rotatable bonds is 11. The van der Waals surface area contributed by atoms with Gasteiger partial charge in [-0.25, -0.2) is 0 Å². The Morgan fingerprint density at radius 2 is 0.875 bits per heavy atom. The molecule has 2 aromatic carbocycles. The number of hydrogen-bond acceptors (Lipinski definition) is 4. The van der Waals surface area contributed by atoms with E-state index in [2.05, 4.69) is 13.8 Å². The minimum atomic E-state index is 0.470. The van der Waals surface area contributed by atoms with Gasteiger partial charge in [0, 0.05) is 12.1 Å². The molecule has 0 aliphatic heterocycles. The third-order valence-electron chi connectivity index (χ3n) is 3.18. The van der Waals surface area contributed by atoms with Crippen LogP contribution in [0.5, 0.6) is 23.0 Å². The summed E-state index contributed by atoms with van der Waals surface area (Å²) < 4.78 is 22.6. The molecule has 4 heteroatoms. The summed E-state index contributed by atoms with van der Waals surface area (Å²) in [4.78, 5) is 0. The monoisotopic (exact) mass is 330 g/mol. The van der Waals surface area contributed by atoms with Crippen molar-refractivity contribution >= 4 is 0 Å². The smallest absolute Gasteiger partial charge is 0.123 e. The molecule has 0 bridgehead atoms. The van der Waals surface area contributed by atoms with Crippen molar-refractivity contribution in [3.63, 3.8) is 0 Å². The van der Waals surface area contributed by atoms with Crippen LogP contribution in [-0.2, 0) is 0 Å². The predicted octanol–water partition coefficient (Wildman–Crippen LogP) is 4.72. The Balaban J connectivity index is 1.74. The Labute approximate surface area is 144 Å². The second-order valence-electron chi connectivity index (χ2n) is 5.34. The first-order chi connectivity index (χ1) is 11.8. The highest BCUT2D eigenvalue weighted by Gasteiger charge is 2.00. The fourth-order valence-corrected chi connectivity index (χ4v) is 2.07. The summed E-state index contributed by atoms with van der Waals surface area (Å²) in [6.45, 7) is 6.53. The fourth-order valence-electron chi connectivity index (χ4n) is 2.07. The van der Waals surface area contributed by atoms with E-state index in [-0.39, 0.29) is 0 Å². The first-order valence-electron chi connectivity index (χ1n) is 8.53. The van der Waals surface area contributed by atoms with Crippen molar-refractivity contribution in [2.24, 2.45) is 0 Å². The molecule has 0 aliphatic carbocycles. The number of hydrogen-bond donors (Lipinski definition) is 0. The molecule has 0 heterocycles. The summed E-state index contributed by atoms with van der Waals surface area (Å²) in [5.74, 6) is 3.23. The summed E-state index contributed by atoms with van der Waals surface area (Å²) in [6.07, 6.45) is 1.97. The molecule has 0 amide bonds. The van der Waals surface area contributed by atoms with E-state index in [4.69, 9.17) is 18.9 Å². The van der Waals surface area contributed by atoms with Gasteiger partial charge in [-0.1, -0.05) is 26.0 Å². The van der Waals surface area contributed by atoms with Gasteiger partial charge < -0.3 is 18.9 Å². The van der Waals surface area contributed by atoms with Crippen molar-refractivity contribution < 1.29 is 18.9 Å². The van der Waals surface area contributed by atoms with E-state index in [1.54, 1.807) is 0 Å². The van der Waals surface area contributed by atoms with Crippen LogP contribution in [0.15, 0.2) is 48.5 Å². The average molecular weight is 330 g/mol. The lowest BCUT2D eigenvalue weighted by Crippen LogP contribution is -2.09. The molecule has 2 aromatic rings. The first kappa shape index (κ1) is 18.0. The lowest BCUT2D eigenvalue weighted by molar-refractivity contribution is 0.215. The maximum absolute atomic E-state index is 5.71. The summed E-state index contributed by atoms with van der Waals surface area (Å²) in [5, 5.41) is 0. The quantitative estimate of drug-likeness (QED) is 0.559. The second kappa shape index (κ2) is 10.4. The van der Waals surface area contributed by atoms with E-state index >= 15 is 0 Å². The van der Waals surface area contributed by atoms with E-state index in [0.717, 1.165) is 35.8 Å². The van der Waals surface area contributed by atoms with Crippen molar-refractivity contribution in [3.05, 3.63) is 48.5 Å². The van der Waals surface area contributed by atoms with Crippen LogP contribution in [0.1, 0.15) is 26.7 Å². The highest BCUT2D eigenvalue weighted by molar-refractivity contribution is 5.33. The van der Waals surface area contributed by atoms with Crippen LogP contribution in [0, 0.1) is 0 Å². The molecule has 0 saturated heterocycles. The minimum Gasteiger partial charge on any atom is -0.493 e. The zero-order valence-corrected chi connectivity index (χ0v) is 14.5. The SMILES string of the molecule is CCCOc1cccc(OCCOc2cccc(OCCC)c2)c1. The van der Waals surface area contributed by atoms with Crippen molar-refractivity contribution in [1.29, 1.82) is 0 Å². The Bertz CT molecular complexity index is 544. The Morgan fingerprint density at radius 1 is 0.542 bits per heavy atom. The molecule has 0 aliphatic rings. The standard InChI is InChI=1S/C20H26O4/c1-3-11-21-17-7-5-9-19(15-17)23-13-14-24-20-10-6-8-18(16-20)22-12-4-2/h5-10,15-16H,3-4,11-14H2,1-2H3. The molecule has 2 rings (SSSR count). The first-order valence-corrected chi connectivity index (χ1v) is 8.53. The highest BCUT2D eigenvalue weighted by atomic mass is 16.5. The van der Waals surface area contributed by atoms with E-state index in [0.29, 0.717) is 26.4 Å². The molecule has 0 saturated carbocycles. The Kier molecular flexibility index (Phi) is 7.81. The number of ether oxygens (including phenoxy) is 4. The van der Waals surface area contributed by atoms with Crippen LogP contribution < -0.4 is 18.9 Å². The normalized spacial score (nSPS) is 10.2. The van der Waals surface area contributed by atoms with Gasteiger partial charge in [0.05, 0.1) is 13.2 Å². The molecule has 0 spiro atoms. The van der Waals surface area contributed by atoms with Gasteiger partial charge in [0.1, 0.15) is 36.2 Å². The largest absolute Gasteiger partial charge is 0.493 e. The van der Waals surface area contributed by atoms with Crippen LogP contribution in [-0.4, -0.2) is 26.4 Å². The van der Waals surface area contributed by atoms with Gasteiger partial charge in [-0.15, -0.1) is 0 Å². The van der Waals surface area contributed by atoms with Gasteiger partial charge in [-0.2, -0.15) is 0 Å². The lowest BCUT2D eigenvalue weighted by Gasteiger charge is -2.11. The van der Waals surface area contributed by atoms with Crippen LogP contribution in [0.25, 0.3) is 0 Å². The van der Waals surface area contributed by atoms with Gasteiger partial charge in [-0.05, 0) is 37.1 Å². The van der Waals surface area contributed by atoms with Gasteiger partial charge in [0.15, 0.2) is 0 Å². The number of benzene rings is 2. The minimum absolute atomic E-state index is 0.470. The lowest BCUT2D eigenvalue weighted by atomic mass is 10.3. The topological polar surface area (TPSA) is 36.9 Å². The molecular weight excluding hydrogens is 304 g/mol. The molecule has 0 fully saturated rings. The van der Waals surface area contributed by atoms with Gasteiger partial charge in [0.2, 0.25) is 0 Å². The highest BCUT2D eigenvalue weighted by Crippen LogP contribution is 2.21. The molecular formula is C20H26O4. The molecule has 0 N–H and O–H groups in total. The van der Waals surface area contributed by atoms with Crippen LogP contribution in [0.2, 0.25) is 0 Å². The average Bonchev–Trinajstić information content (AvgIpc) is 2.62. The van der Waals surface area contributed by atoms with Crippen LogP contribution in [0.3, 0.4) is 0 Å². The molecule has 0 unspecified atom stereocenters. The summed E-state index contributed by atoms with van der Waals surface area (Å²) in [5.41, 5.74) is 0. The summed E-state index contributed by atoms with van der Waals surface area (Å²) >= 11 is 0. The van der Waals surface area contributed by atoms with Crippen molar-refractivity contribution in [2.45, 2.75) is 26.7 Å². The van der Waals surface area contributed by atoms with Gasteiger partial charge >= 0.3 is 0 Å². The zero-order chi connectivity index (χ0) is 17.0. The Hall–Kier alpha value is -2.36. The van der Waals surface area contributed by atoms with Crippen molar-refractivity contribution in [3.8, 4) is 23.0 Å².